The molecule has 8 heteroatoms. The van der Waals surface area contributed by atoms with Gasteiger partial charge >= 0.3 is 0 Å². The van der Waals surface area contributed by atoms with Crippen molar-refractivity contribution in [3.8, 4) is 22.5 Å². The third-order valence-corrected chi connectivity index (χ3v) is 11.2. The highest BCUT2D eigenvalue weighted by molar-refractivity contribution is 9.10. The maximum Gasteiger partial charge on any atom is 0.263 e. The molecule has 41 heavy (non-hydrogen) atoms. The van der Waals surface area contributed by atoms with Crippen LogP contribution >= 0.6 is 38.9 Å². The van der Waals surface area contributed by atoms with Crippen LogP contribution in [0.25, 0.3) is 22.5 Å². The minimum Gasteiger partial charge on any atom is -0.244 e. The summed E-state index contributed by atoms with van der Waals surface area (Å²) in [6.07, 6.45) is 0. The fraction of sp³-hybridized carbons (Fsp3) is 0. The van der Waals surface area contributed by atoms with Gasteiger partial charge in [-0.1, -0.05) is 147 Å². The second-order valence-corrected chi connectivity index (χ2v) is 14.1. The molecule has 1 N–H and O–H groups in total. The molecule has 0 atom stereocenters. The van der Waals surface area contributed by atoms with E-state index in [2.05, 4.69) is 120 Å². The van der Waals surface area contributed by atoms with Crippen molar-refractivity contribution in [2.24, 2.45) is 4.85 Å². The van der Waals surface area contributed by atoms with Gasteiger partial charge in [0.25, 0.3) is 5.95 Å². The fourth-order valence-corrected chi connectivity index (χ4v) is 8.48. The van der Waals surface area contributed by atoms with Crippen molar-refractivity contribution < 1.29 is 0 Å². The Bertz CT molecular complexity index is 1710. The Morgan fingerprint density at radius 1 is 0.488 bits per heavy atom. The number of halogens is 2. The summed E-state index contributed by atoms with van der Waals surface area (Å²) in [6, 6.07) is 47.3. The summed E-state index contributed by atoms with van der Waals surface area (Å²) in [4.78, 5) is 10.2. The van der Waals surface area contributed by atoms with Gasteiger partial charge in [-0.15, -0.1) is 10.2 Å². The van der Waals surface area contributed by atoms with Crippen LogP contribution in [0.15, 0.2) is 153 Å². The molecule has 0 bridgehead atoms. The molecule has 1 heterocycles. The molecule has 0 aliphatic carbocycles. The van der Waals surface area contributed by atoms with Crippen LogP contribution in [-0.2, 0) is 0 Å². The highest BCUT2D eigenvalue weighted by Crippen LogP contribution is 2.46. The second-order valence-electron chi connectivity index (χ2n) is 9.20. The average Bonchev–Trinajstić information content (AvgIpc) is 3.04. The molecule has 0 saturated heterocycles. The van der Waals surface area contributed by atoms with Crippen molar-refractivity contribution in [3.05, 3.63) is 148 Å². The maximum absolute atomic E-state index is 5.28. The van der Waals surface area contributed by atoms with E-state index in [-0.39, 0.29) is 0 Å². The minimum absolute atomic E-state index is 0.330. The molecule has 0 radical (unpaired) electrons. The van der Waals surface area contributed by atoms with Gasteiger partial charge in [-0.2, -0.15) is 4.85 Å². The number of nitrogens with zero attached hydrogens (tertiary/aromatic N) is 4. The molecule has 0 fully saturated rings. The van der Waals surface area contributed by atoms with Crippen molar-refractivity contribution in [1.29, 1.82) is 0 Å². The molecular weight excluding hydrogens is 657 g/mol. The molecular formula is C33H24Br2N5P. The van der Waals surface area contributed by atoms with Crippen LogP contribution < -0.4 is 21.3 Å². The van der Waals surface area contributed by atoms with Crippen molar-refractivity contribution in [3.63, 3.8) is 0 Å². The SMILES string of the molecule is Brc1ccc(-c2nnc(NN=P(c3ccccc3)(c3ccccc3)c3ccccc3)nc2-c2ccc(Br)cc2)cc1. The first-order chi connectivity index (χ1) is 20.1. The summed E-state index contributed by atoms with van der Waals surface area (Å²) in [5.74, 6) is 0.330. The Hall–Kier alpha value is -3.90. The molecule has 0 saturated carbocycles. The monoisotopic (exact) mass is 679 g/mol. The highest BCUT2D eigenvalue weighted by atomic mass is 79.9. The summed E-state index contributed by atoms with van der Waals surface area (Å²) in [7, 11) is -2.49. The van der Waals surface area contributed by atoms with Crippen molar-refractivity contribution in [1.82, 2.24) is 15.2 Å². The molecule has 5 nitrogen and oxygen atoms in total. The quantitative estimate of drug-likeness (QED) is 0.136. The highest BCUT2D eigenvalue weighted by Gasteiger charge is 2.28. The van der Waals surface area contributed by atoms with Crippen LogP contribution in [0.4, 0.5) is 5.95 Å². The number of benzene rings is 5. The van der Waals surface area contributed by atoms with Crippen LogP contribution in [-0.4, -0.2) is 15.2 Å². The topological polar surface area (TPSA) is 63.1 Å². The normalized spacial score (nSPS) is 11.2. The van der Waals surface area contributed by atoms with Crippen molar-refractivity contribution in [2.45, 2.75) is 0 Å². The summed E-state index contributed by atoms with van der Waals surface area (Å²) in [6.45, 7) is 0. The van der Waals surface area contributed by atoms with Gasteiger partial charge in [0, 0.05) is 36.0 Å². The second kappa shape index (κ2) is 12.3. The smallest absolute Gasteiger partial charge is 0.244 e. The lowest BCUT2D eigenvalue weighted by Crippen LogP contribution is -2.26. The lowest BCUT2D eigenvalue weighted by atomic mass is 10.0. The molecule has 200 valence electrons. The number of nitrogens with one attached hydrogen (secondary N) is 1. The molecule has 1 aromatic heterocycles. The Morgan fingerprint density at radius 3 is 1.34 bits per heavy atom. The predicted octanol–water partition coefficient (Wildman–Crippen LogP) is 8.24. The first-order valence-electron chi connectivity index (χ1n) is 12.9. The summed E-state index contributed by atoms with van der Waals surface area (Å²) in [5, 5.41) is 12.5. The van der Waals surface area contributed by atoms with Crippen LogP contribution in [0.5, 0.6) is 0 Å². The number of hydrogen-bond acceptors (Lipinski definition) is 4. The van der Waals surface area contributed by atoms with E-state index in [1.54, 1.807) is 0 Å². The Labute approximate surface area is 256 Å². The average molecular weight is 681 g/mol. The van der Waals surface area contributed by atoms with E-state index in [1.807, 2.05) is 66.7 Å². The Kier molecular flexibility index (Phi) is 8.19. The molecule has 6 aromatic rings. The van der Waals surface area contributed by atoms with Crippen LogP contribution in [0.1, 0.15) is 0 Å². The molecule has 5 aromatic carbocycles. The minimum atomic E-state index is -2.49. The first kappa shape index (κ1) is 27.3. The number of aromatic nitrogens is 3. The fourth-order valence-electron chi connectivity index (χ4n) is 4.66. The zero-order valence-corrected chi connectivity index (χ0v) is 25.8. The van der Waals surface area contributed by atoms with E-state index in [1.165, 1.54) is 0 Å². The zero-order valence-electron chi connectivity index (χ0n) is 21.8. The van der Waals surface area contributed by atoms with Crippen molar-refractivity contribution in [2.75, 3.05) is 5.43 Å². The summed E-state index contributed by atoms with van der Waals surface area (Å²) >= 11 is 7.06. The van der Waals surface area contributed by atoms with Gasteiger partial charge in [-0.05, 0) is 24.3 Å². The largest absolute Gasteiger partial charge is 0.263 e. The van der Waals surface area contributed by atoms with Crippen LogP contribution in [0.2, 0.25) is 0 Å². The van der Waals surface area contributed by atoms with Crippen LogP contribution in [0, 0.1) is 0 Å². The summed E-state index contributed by atoms with van der Waals surface area (Å²) < 4.78 is 1.98. The van der Waals surface area contributed by atoms with Crippen molar-refractivity contribution >= 4 is 60.8 Å². The third kappa shape index (κ3) is 5.80. The lowest BCUT2D eigenvalue weighted by molar-refractivity contribution is 0.974. The van der Waals surface area contributed by atoms with Crippen LogP contribution in [0.3, 0.4) is 0 Å². The lowest BCUT2D eigenvalue weighted by Gasteiger charge is -2.26. The standard InChI is InChI=1S/C33H24Br2N5P/c34-26-20-16-24(17-21-26)31-32(25-18-22-27(35)23-19-25)37-38-33(36-31)39-40-41(28-10-4-1-5-11-28,29-12-6-2-7-13-29)30-14-8-3-9-15-30/h1-23H,(H,36,38,39). The van der Waals surface area contributed by atoms with E-state index in [0.717, 1.165) is 41.7 Å². The van der Waals surface area contributed by atoms with E-state index in [4.69, 9.17) is 9.84 Å². The number of anilines is 1. The van der Waals surface area contributed by atoms with Gasteiger partial charge in [-0.3, -0.25) is 0 Å². The Balaban J connectivity index is 1.54. The Morgan fingerprint density at radius 2 is 0.902 bits per heavy atom. The predicted molar refractivity (Wildman–Crippen MR) is 177 cm³/mol. The van der Waals surface area contributed by atoms with Gasteiger partial charge in [0.05, 0.1) is 7.05 Å². The van der Waals surface area contributed by atoms with E-state index in [9.17, 15) is 0 Å². The molecule has 0 aliphatic heterocycles. The zero-order chi connectivity index (χ0) is 28.1. The molecule has 0 unspecified atom stereocenters. The molecule has 6 rings (SSSR count). The molecule has 0 spiro atoms. The van der Waals surface area contributed by atoms with Gasteiger partial charge in [-0.25, -0.2) is 10.4 Å². The van der Waals surface area contributed by atoms with Gasteiger partial charge < -0.3 is 0 Å². The van der Waals surface area contributed by atoms with E-state index < -0.39 is 7.05 Å². The van der Waals surface area contributed by atoms with E-state index in [0.29, 0.717) is 11.6 Å². The third-order valence-electron chi connectivity index (χ3n) is 6.61. The van der Waals surface area contributed by atoms with E-state index >= 15 is 0 Å². The molecule has 0 aliphatic rings. The first-order valence-corrected chi connectivity index (χ1v) is 16.3. The summed E-state index contributed by atoms with van der Waals surface area (Å²) in [5.41, 5.74) is 6.53. The molecule has 0 amide bonds. The van der Waals surface area contributed by atoms with Gasteiger partial charge in [0.15, 0.2) is 0 Å². The number of rotatable bonds is 7. The van der Waals surface area contributed by atoms with Gasteiger partial charge in [0.2, 0.25) is 0 Å². The maximum atomic E-state index is 5.28. The number of hydrogen-bond donors (Lipinski definition) is 1. The van der Waals surface area contributed by atoms with Gasteiger partial charge in [0.1, 0.15) is 11.4 Å².